The molecule has 2 fully saturated rings. The lowest BCUT2D eigenvalue weighted by Gasteiger charge is -2.14. The lowest BCUT2D eigenvalue weighted by Crippen LogP contribution is -2.10. The second-order valence-electron chi connectivity index (χ2n) is 5.62. The molecule has 0 heterocycles. The Bertz CT molecular complexity index is 178. The average molecular weight is 181 g/mol. The van der Waals surface area contributed by atoms with Crippen molar-refractivity contribution in [2.24, 2.45) is 23.0 Å². The van der Waals surface area contributed by atoms with Gasteiger partial charge in [0, 0.05) is 6.04 Å². The Morgan fingerprint density at radius 2 is 1.46 bits per heavy atom. The first-order valence-electron chi connectivity index (χ1n) is 5.89. The Morgan fingerprint density at radius 3 is 1.85 bits per heavy atom. The van der Waals surface area contributed by atoms with E-state index in [2.05, 4.69) is 13.8 Å². The van der Waals surface area contributed by atoms with Crippen LogP contribution in [-0.4, -0.2) is 6.04 Å². The summed E-state index contributed by atoms with van der Waals surface area (Å²) in [5, 5.41) is 0. The van der Waals surface area contributed by atoms with Gasteiger partial charge in [0.15, 0.2) is 0 Å². The van der Waals surface area contributed by atoms with Gasteiger partial charge in [0.1, 0.15) is 0 Å². The van der Waals surface area contributed by atoms with Crippen molar-refractivity contribution in [2.45, 2.75) is 58.4 Å². The molecule has 0 bridgehead atoms. The van der Waals surface area contributed by atoms with Gasteiger partial charge in [-0.3, -0.25) is 0 Å². The molecule has 2 N–H and O–H groups in total. The van der Waals surface area contributed by atoms with Crippen molar-refractivity contribution < 1.29 is 0 Å². The third-order valence-corrected chi connectivity index (χ3v) is 4.40. The summed E-state index contributed by atoms with van der Waals surface area (Å²) in [5.74, 6) is 1.79. The van der Waals surface area contributed by atoms with Crippen LogP contribution in [-0.2, 0) is 0 Å². The third kappa shape index (κ3) is 1.63. The second kappa shape index (κ2) is 3.27. The molecule has 0 unspecified atom stereocenters. The molecule has 2 saturated carbocycles. The zero-order chi connectivity index (χ0) is 9.47. The maximum absolute atomic E-state index is 6.13. The summed E-state index contributed by atoms with van der Waals surface area (Å²) in [6.07, 6.45) is 8.70. The van der Waals surface area contributed by atoms with Crippen LogP contribution in [0.4, 0.5) is 0 Å². The van der Waals surface area contributed by atoms with Crippen molar-refractivity contribution >= 4 is 0 Å². The fraction of sp³-hybridized carbons (Fsp3) is 1.00. The molecular weight excluding hydrogens is 158 g/mol. The molecule has 0 amide bonds. The number of hydrogen-bond donors (Lipinski definition) is 1. The number of hydrogen-bond acceptors (Lipinski definition) is 1. The predicted molar refractivity (Wildman–Crippen MR) is 56.4 cm³/mol. The van der Waals surface area contributed by atoms with Gasteiger partial charge in [0.25, 0.3) is 0 Å². The molecule has 13 heavy (non-hydrogen) atoms. The van der Waals surface area contributed by atoms with Gasteiger partial charge in [0.05, 0.1) is 0 Å². The van der Waals surface area contributed by atoms with E-state index in [1.165, 1.54) is 38.5 Å². The summed E-state index contributed by atoms with van der Waals surface area (Å²) in [5.41, 5.74) is 6.58. The fourth-order valence-corrected chi connectivity index (χ4v) is 3.29. The zero-order valence-electron chi connectivity index (χ0n) is 9.05. The van der Waals surface area contributed by atoms with Gasteiger partial charge < -0.3 is 5.73 Å². The van der Waals surface area contributed by atoms with Gasteiger partial charge in [-0.25, -0.2) is 0 Å². The molecule has 0 spiro atoms. The lowest BCUT2D eigenvalue weighted by molar-refractivity contribution is 0.353. The Labute approximate surface area is 82.1 Å². The smallest absolute Gasteiger partial charge is 0.0130 e. The summed E-state index contributed by atoms with van der Waals surface area (Å²) < 4.78 is 0. The molecule has 0 aliphatic heterocycles. The number of nitrogens with two attached hydrogens (primary N) is 1. The minimum atomic E-state index is 0.453. The van der Waals surface area contributed by atoms with Gasteiger partial charge >= 0.3 is 0 Å². The van der Waals surface area contributed by atoms with Crippen LogP contribution in [0.1, 0.15) is 52.4 Å². The number of rotatable bonds is 1. The summed E-state index contributed by atoms with van der Waals surface area (Å²) in [4.78, 5) is 0. The molecule has 2 atom stereocenters. The topological polar surface area (TPSA) is 26.0 Å². The van der Waals surface area contributed by atoms with Crippen molar-refractivity contribution in [3.63, 3.8) is 0 Å². The van der Waals surface area contributed by atoms with E-state index in [1.54, 1.807) is 0 Å². The van der Waals surface area contributed by atoms with Crippen molar-refractivity contribution in [2.75, 3.05) is 0 Å². The highest BCUT2D eigenvalue weighted by atomic mass is 14.8. The van der Waals surface area contributed by atoms with Crippen molar-refractivity contribution in [3.8, 4) is 0 Å². The first-order valence-corrected chi connectivity index (χ1v) is 5.89. The predicted octanol–water partition coefficient (Wildman–Crippen LogP) is 2.94. The minimum Gasteiger partial charge on any atom is -0.327 e. The fourth-order valence-electron chi connectivity index (χ4n) is 3.29. The van der Waals surface area contributed by atoms with E-state index in [0.717, 1.165) is 11.8 Å². The van der Waals surface area contributed by atoms with Crippen molar-refractivity contribution in [1.82, 2.24) is 0 Å². The highest BCUT2D eigenvalue weighted by Gasteiger charge is 2.58. The molecule has 0 aromatic carbocycles. The molecule has 2 aliphatic rings. The van der Waals surface area contributed by atoms with Gasteiger partial charge in [-0.2, -0.15) is 0 Å². The van der Waals surface area contributed by atoms with Crippen molar-refractivity contribution in [1.29, 1.82) is 0 Å². The van der Waals surface area contributed by atoms with E-state index in [1.807, 2.05) is 0 Å². The Hall–Kier alpha value is -0.0400. The highest BCUT2D eigenvalue weighted by molar-refractivity contribution is 5.11. The highest BCUT2D eigenvalue weighted by Crippen LogP contribution is 2.57. The van der Waals surface area contributed by atoms with Crippen LogP contribution in [0.15, 0.2) is 0 Å². The molecule has 1 heteroatoms. The largest absolute Gasteiger partial charge is 0.327 e. The summed E-state index contributed by atoms with van der Waals surface area (Å²) in [6.45, 7) is 4.68. The monoisotopic (exact) mass is 181 g/mol. The summed E-state index contributed by atoms with van der Waals surface area (Å²) >= 11 is 0. The van der Waals surface area contributed by atoms with E-state index in [9.17, 15) is 0 Å². The van der Waals surface area contributed by atoms with Gasteiger partial charge in [0.2, 0.25) is 0 Å². The first-order chi connectivity index (χ1) is 6.14. The molecule has 2 aliphatic carbocycles. The Kier molecular flexibility index (Phi) is 2.39. The van der Waals surface area contributed by atoms with E-state index >= 15 is 0 Å². The second-order valence-corrected chi connectivity index (χ2v) is 5.62. The molecule has 0 aromatic rings. The molecule has 0 saturated heterocycles. The lowest BCUT2D eigenvalue weighted by atomic mass is 9.90. The van der Waals surface area contributed by atoms with Crippen LogP contribution < -0.4 is 5.73 Å². The molecule has 1 nitrogen and oxygen atoms in total. The molecular formula is C12H23N. The quantitative estimate of drug-likeness (QED) is 0.618. The minimum absolute atomic E-state index is 0.453. The maximum atomic E-state index is 6.13. The molecule has 76 valence electrons. The van der Waals surface area contributed by atoms with E-state index in [0.29, 0.717) is 11.5 Å². The van der Waals surface area contributed by atoms with Gasteiger partial charge in [-0.1, -0.05) is 52.4 Å². The van der Waals surface area contributed by atoms with Crippen LogP contribution in [0, 0.1) is 17.3 Å². The first kappa shape index (κ1) is 9.51. The van der Waals surface area contributed by atoms with Gasteiger partial charge in [-0.15, -0.1) is 0 Å². The Morgan fingerprint density at radius 1 is 1.00 bits per heavy atom. The average Bonchev–Trinajstić information content (AvgIpc) is 2.67. The normalized spacial score (nSPS) is 39.9. The third-order valence-electron chi connectivity index (χ3n) is 4.40. The van der Waals surface area contributed by atoms with E-state index in [-0.39, 0.29) is 0 Å². The van der Waals surface area contributed by atoms with Crippen LogP contribution >= 0.6 is 0 Å². The van der Waals surface area contributed by atoms with Crippen LogP contribution in [0.5, 0.6) is 0 Å². The maximum Gasteiger partial charge on any atom is 0.0130 e. The zero-order valence-corrected chi connectivity index (χ0v) is 9.05. The van der Waals surface area contributed by atoms with Gasteiger partial charge in [-0.05, 0) is 17.3 Å². The van der Waals surface area contributed by atoms with E-state index in [4.69, 9.17) is 5.73 Å². The molecule has 0 radical (unpaired) electrons. The summed E-state index contributed by atoms with van der Waals surface area (Å²) in [6, 6.07) is 0.496. The van der Waals surface area contributed by atoms with Crippen LogP contribution in [0.3, 0.4) is 0 Å². The molecule has 2 rings (SSSR count). The van der Waals surface area contributed by atoms with Crippen LogP contribution in [0.25, 0.3) is 0 Å². The Balaban J connectivity index is 1.93. The summed E-state index contributed by atoms with van der Waals surface area (Å²) in [7, 11) is 0. The van der Waals surface area contributed by atoms with E-state index < -0.39 is 0 Å². The molecule has 0 aromatic heterocycles. The van der Waals surface area contributed by atoms with Crippen LogP contribution in [0.2, 0.25) is 0 Å². The SMILES string of the molecule is CC1(C)[C@@H](N)[C@@H]1C1CCCCCC1. The standard InChI is InChI=1S/C12H23N/c1-12(2)10(11(12)13)9-7-5-3-4-6-8-9/h9-11H,3-8,13H2,1-2H3/t10-,11-/m0/s1. The van der Waals surface area contributed by atoms with Crippen molar-refractivity contribution in [3.05, 3.63) is 0 Å².